The lowest BCUT2D eigenvalue weighted by molar-refractivity contribution is -0.144. The van der Waals surface area contributed by atoms with E-state index < -0.39 is 5.97 Å². The third-order valence-corrected chi connectivity index (χ3v) is 11.1. The molecule has 4 saturated carbocycles. The molecule has 0 bridgehead atoms. The highest BCUT2D eigenvalue weighted by Crippen LogP contribution is 2.70. The molecule has 0 aromatic carbocycles. The summed E-state index contributed by atoms with van der Waals surface area (Å²) in [4.78, 5) is 11.1. The van der Waals surface area contributed by atoms with Gasteiger partial charge in [-0.15, -0.1) is 0 Å². The van der Waals surface area contributed by atoms with Crippen LogP contribution >= 0.6 is 0 Å². The van der Waals surface area contributed by atoms with E-state index in [1.54, 1.807) is 0 Å². The summed E-state index contributed by atoms with van der Waals surface area (Å²) in [6.45, 7) is 12.7. The molecule has 0 saturated heterocycles. The van der Waals surface area contributed by atoms with Crippen molar-refractivity contribution in [2.45, 2.75) is 98.8 Å². The molecule has 4 aliphatic rings. The lowest BCUT2D eigenvalue weighted by Crippen LogP contribution is -2.56. The van der Waals surface area contributed by atoms with Gasteiger partial charge in [0.05, 0.1) is 0 Å². The second kappa shape index (κ2) is 7.31. The number of hydrogen-bond acceptors (Lipinski definition) is 1. The van der Waals surface area contributed by atoms with Crippen molar-refractivity contribution in [3.63, 3.8) is 0 Å². The van der Waals surface area contributed by atoms with E-state index in [-0.39, 0.29) is 0 Å². The van der Waals surface area contributed by atoms with Crippen molar-refractivity contribution in [2.75, 3.05) is 0 Å². The van der Waals surface area contributed by atoms with Crippen LogP contribution in [0.1, 0.15) is 98.8 Å². The van der Waals surface area contributed by atoms with Gasteiger partial charge in [-0.3, -0.25) is 4.79 Å². The predicted octanol–water partition coefficient (Wildman–Crippen LogP) is 7.03. The molecule has 0 heterocycles. The summed E-state index contributed by atoms with van der Waals surface area (Å²) in [7, 11) is 0. The van der Waals surface area contributed by atoms with Gasteiger partial charge >= 0.3 is 5.97 Å². The summed E-state index contributed by atoms with van der Waals surface area (Å²) in [5, 5.41) is 9.17. The summed E-state index contributed by atoms with van der Waals surface area (Å²) in [6.07, 6.45) is 12.7. The van der Waals surface area contributed by atoms with Gasteiger partial charge in [0.2, 0.25) is 0 Å². The minimum Gasteiger partial charge on any atom is -0.481 e. The highest BCUT2D eigenvalue weighted by atomic mass is 16.4. The van der Waals surface area contributed by atoms with Crippen molar-refractivity contribution < 1.29 is 9.90 Å². The van der Waals surface area contributed by atoms with Gasteiger partial charge in [-0.25, -0.2) is 0 Å². The fourth-order valence-electron chi connectivity index (χ4n) is 9.33. The van der Waals surface area contributed by atoms with Gasteiger partial charge < -0.3 is 5.11 Å². The summed E-state index contributed by atoms with van der Waals surface area (Å²) in [6, 6.07) is 0. The lowest BCUT2D eigenvalue weighted by Gasteiger charge is -2.63. The number of aliphatic carboxylic acids is 1. The smallest absolute Gasteiger partial charge is 0.303 e. The average molecular weight is 389 g/mol. The Balaban J connectivity index is 1.56. The van der Waals surface area contributed by atoms with E-state index in [0.717, 1.165) is 47.8 Å². The van der Waals surface area contributed by atoms with Crippen molar-refractivity contribution in [2.24, 2.45) is 58.2 Å². The molecule has 4 fully saturated rings. The largest absolute Gasteiger partial charge is 0.481 e. The Morgan fingerprint density at radius 1 is 1.04 bits per heavy atom. The number of carbonyl (C=O) groups is 1. The Bertz CT molecular complexity index is 599. The molecule has 160 valence electrons. The molecule has 0 radical (unpaired) electrons. The van der Waals surface area contributed by atoms with Crippen molar-refractivity contribution in [3.8, 4) is 0 Å². The quantitative estimate of drug-likeness (QED) is 0.561. The maximum atomic E-state index is 11.1. The molecule has 2 heteroatoms. The first-order valence-corrected chi connectivity index (χ1v) is 12.4. The van der Waals surface area contributed by atoms with Gasteiger partial charge in [-0.05, 0) is 110 Å². The van der Waals surface area contributed by atoms with E-state index in [9.17, 15) is 4.79 Å². The van der Waals surface area contributed by atoms with E-state index in [1.807, 2.05) is 0 Å². The fourth-order valence-corrected chi connectivity index (χ4v) is 9.33. The Morgan fingerprint density at radius 2 is 1.79 bits per heavy atom. The van der Waals surface area contributed by atoms with Crippen LogP contribution in [-0.4, -0.2) is 11.1 Å². The number of carboxylic acid groups (broad SMARTS) is 1. The van der Waals surface area contributed by atoms with E-state index in [4.69, 9.17) is 5.11 Å². The highest BCUT2D eigenvalue weighted by molar-refractivity contribution is 5.66. The van der Waals surface area contributed by atoms with Gasteiger partial charge in [0.15, 0.2) is 0 Å². The topological polar surface area (TPSA) is 37.3 Å². The van der Waals surface area contributed by atoms with E-state index in [2.05, 4.69) is 34.6 Å². The number of carboxylic acids is 1. The van der Waals surface area contributed by atoms with E-state index in [1.165, 1.54) is 51.4 Å². The van der Waals surface area contributed by atoms with Crippen LogP contribution < -0.4 is 0 Å². The number of rotatable bonds is 4. The first-order valence-electron chi connectivity index (χ1n) is 12.4. The van der Waals surface area contributed by atoms with E-state index in [0.29, 0.717) is 23.2 Å². The Hall–Kier alpha value is -0.530. The zero-order chi connectivity index (χ0) is 20.3. The predicted molar refractivity (Wildman–Crippen MR) is 115 cm³/mol. The SMILES string of the molecule is CC1CCC2(C)C(CCC3C2CC(C)C2(C)C(C(C)CCC(=O)O)CCC32)C1. The molecule has 4 aliphatic carbocycles. The monoisotopic (exact) mass is 388 g/mol. The molecule has 4 rings (SSSR count). The third kappa shape index (κ3) is 3.07. The van der Waals surface area contributed by atoms with Gasteiger partial charge in [0.1, 0.15) is 0 Å². The number of fused-ring (bicyclic) bond motifs is 5. The van der Waals surface area contributed by atoms with Crippen LogP contribution in [-0.2, 0) is 4.79 Å². The maximum Gasteiger partial charge on any atom is 0.303 e. The molecule has 28 heavy (non-hydrogen) atoms. The first kappa shape index (κ1) is 20.7. The molecule has 1 N–H and O–H groups in total. The Labute approximate surface area is 173 Å². The molecule has 0 aliphatic heterocycles. The number of hydrogen-bond donors (Lipinski definition) is 1. The minimum atomic E-state index is -0.624. The normalized spacial score (nSPS) is 51.7. The van der Waals surface area contributed by atoms with Gasteiger partial charge in [0.25, 0.3) is 0 Å². The van der Waals surface area contributed by atoms with Crippen LogP contribution in [0.25, 0.3) is 0 Å². The van der Waals surface area contributed by atoms with Gasteiger partial charge in [-0.2, -0.15) is 0 Å². The summed E-state index contributed by atoms with van der Waals surface area (Å²) in [5.41, 5.74) is 1.03. The zero-order valence-corrected chi connectivity index (χ0v) is 19.0. The summed E-state index contributed by atoms with van der Waals surface area (Å²) < 4.78 is 0. The molecule has 10 atom stereocenters. The van der Waals surface area contributed by atoms with Crippen molar-refractivity contribution >= 4 is 5.97 Å². The zero-order valence-electron chi connectivity index (χ0n) is 19.0. The summed E-state index contributed by atoms with van der Waals surface area (Å²) >= 11 is 0. The summed E-state index contributed by atoms with van der Waals surface area (Å²) in [5.74, 6) is 6.11. The van der Waals surface area contributed by atoms with Gasteiger partial charge in [-0.1, -0.05) is 41.0 Å². The second-order valence-corrected chi connectivity index (χ2v) is 12.1. The van der Waals surface area contributed by atoms with Crippen LogP contribution in [0.2, 0.25) is 0 Å². The average Bonchev–Trinajstić information content (AvgIpc) is 3.00. The van der Waals surface area contributed by atoms with Crippen LogP contribution in [0.5, 0.6) is 0 Å². The minimum absolute atomic E-state index is 0.344. The molecule has 0 amide bonds. The standard InChI is InChI=1S/C26H44O2/c1-16-12-13-25(4)19(14-16)7-8-20-22-10-9-21(17(2)6-11-24(27)28)26(22,5)18(3)15-23(20)25/h16-23H,6-15H2,1-5H3,(H,27,28). The Morgan fingerprint density at radius 3 is 2.50 bits per heavy atom. The van der Waals surface area contributed by atoms with Crippen LogP contribution in [0, 0.1) is 58.2 Å². The fraction of sp³-hybridized carbons (Fsp3) is 0.962. The molecule has 2 nitrogen and oxygen atoms in total. The van der Waals surface area contributed by atoms with Crippen LogP contribution in [0.3, 0.4) is 0 Å². The molecular formula is C26H44O2. The molecule has 10 unspecified atom stereocenters. The van der Waals surface area contributed by atoms with Crippen LogP contribution in [0.15, 0.2) is 0 Å². The lowest BCUT2D eigenvalue weighted by atomic mass is 9.42. The van der Waals surface area contributed by atoms with Crippen LogP contribution in [0.4, 0.5) is 0 Å². The maximum absolute atomic E-state index is 11.1. The molecular weight excluding hydrogens is 344 g/mol. The van der Waals surface area contributed by atoms with Crippen molar-refractivity contribution in [1.82, 2.24) is 0 Å². The van der Waals surface area contributed by atoms with Gasteiger partial charge in [0, 0.05) is 6.42 Å². The molecule has 0 aromatic rings. The third-order valence-electron chi connectivity index (χ3n) is 11.1. The van der Waals surface area contributed by atoms with E-state index >= 15 is 0 Å². The highest BCUT2D eigenvalue weighted by Gasteiger charge is 2.62. The second-order valence-electron chi connectivity index (χ2n) is 12.1. The molecule has 0 spiro atoms. The van der Waals surface area contributed by atoms with Crippen molar-refractivity contribution in [3.05, 3.63) is 0 Å². The van der Waals surface area contributed by atoms with Crippen molar-refractivity contribution in [1.29, 1.82) is 0 Å². The Kier molecular flexibility index (Phi) is 5.41. The first-order chi connectivity index (χ1) is 13.2. The molecule has 0 aromatic heterocycles.